The number of phenolic OH excluding ortho intramolecular Hbond substituents is 1. The van der Waals surface area contributed by atoms with Crippen LogP contribution in [0.15, 0.2) is 18.2 Å². The number of hydrogen-bond donors (Lipinski definition) is 3. The molecule has 1 aromatic rings. The Kier molecular flexibility index (Phi) is 4.21. The highest BCUT2D eigenvalue weighted by Gasteiger charge is 2.19. The molecule has 0 heterocycles. The van der Waals surface area contributed by atoms with E-state index in [9.17, 15) is 18.3 Å². The van der Waals surface area contributed by atoms with Crippen molar-refractivity contribution >= 4 is 22.0 Å². The molecule has 0 fully saturated rings. The number of rotatable bonds is 4. The van der Waals surface area contributed by atoms with Gasteiger partial charge in [-0.05, 0) is 12.1 Å². The van der Waals surface area contributed by atoms with Gasteiger partial charge in [-0.3, -0.25) is 4.72 Å². The van der Waals surface area contributed by atoms with E-state index in [0.717, 1.165) is 7.11 Å². The second-order valence-corrected chi connectivity index (χ2v) is 4.47. The molecule has 1 aromatic carbocycles. The van der Waals surface area contributed by atoms with Crippen molar-refractivity contribution in [2.24, 2.45) is 0 Å². The first-order valence-corrected chi connectivity index (χ1v) is 6.12. The van der Waals surface area contributed by atoms with E-state index in [-0.39, 0.29) is 17.2 Å². The zero-order chi connectivity index (χ0) is 13.8. The molecule has 0 radical (unpaired) electrons. The number of nitrogens with one attached hydrogen (secondary N) is 2. The summed E-state index contributed by atoms with van der Waals surface area (Å²) in [5, 5.41) is 9.53. The lowest BCUT2D eigenvalue weighted by Gasteiger charge is -2.12. The van der Waals surface area contributed by atoms with Gasteiger partial charge in [0.25, 0.3) is 0 Å². The zero-order valence-electron chi connectivity index (χ0n) is 9.63. The number of benzene rings is 1. The summed E-state index contributed by atoms with van der Waals surface area (Å²) in [6, 6.07) is 4.17. The molecule has 0 aliphatic heterocycles. The van der Waals surface area contributed by atoms with E-state index in [0.29, 0.717) is 0 Å². The Hall–Kier alpha value is -2.16. The van der Waals surface area contributed by atoms with Crippen LogP contribution < -0.4 is 14.2 Å². The highest BCUT2D eigenvalue weighted by Crippen LogP contribution is 2.33. The van der Waals surface area contributed by atoms with Crippen LogP contribution in [-0.4, -0.2) is 33.8 Å². The zero-order valence-corrected chi connectivity index (χ0v) is 10.4. The minimum atomic E-state index is -4.22. The summed E-state index contributed by atoms with van der Waals surface area (Å²) in [7, 11) is -1.89. The van der Waals surface area contributed by atoms with E-state index in [2.05, 4.69) is 4.74 Å². The van der Waals surface area contributed by atoms with Crippen molar-refractivity contribution in [1.82, 2.24) is 4.72 Å². The number of anilines is 1. The molecular formula is C9H12N2O6S. The average Bonchev–Trinajstić information content (AvgIpc) is 2.30. The lowest BCUT2D eigenvalue weighted by molar-refractivity contribution is 0.177. The van der Waals surface area contributed by atoms with Crippen molar-refractivity contribution in [2.45, 2.75) is 0 Å². The van der Waals surface area contributed by atoms with Crippen molar-refractivity contribution in [3.63, 3.8) is 0 Å². The van der Waals surface area contributed by atoms with E-state index in [4.69, 9.17) is 4.74 Å². The van der Waals surface area contributed by atoms with E-state index < -0.39 is 16.3 Å². The number of hydrogen-bond acceptors (Lipinski definition) is 6. The summed E-state index contributed by atoms with van der Waals surface area (Å²) in [5.74, 6) is -0.241. The molecule has 3 N–H and O–H groups in total. The van der Waals surface area contributed by atoms with E-state index in [1.807, 2.05) is 4.72 Å². The fourth-order valence-electron chi connectivity index (χ4n) is 1.10. The van der Waals surface area contributed by atoms with E-state index in [1.54, 1.807) is 4.72 Å². The van der Waals surface area contributed by atoms with Gasteiger partial charge in [-0.15, -0.1) is 0 Å². The molecule has 0 spiro atoms. The fraction of sp³-hybridized carbons (Fsp3) is 0.222. The maximum Gasteiger partial charge on any atom is 0.422 e. The fourth-order valence-corrected chi connectivity index (χ4v) is 1.93. The topological polar surface area (TPSA) is 114 Å². The van der Waals surface area contributed by atoms with Crippen LogP contribution in [0.5, 0.6) is 11.5 Å². The normalized spacial score (nSPS) is 10.6. The van der Waals surface area contributed by atoms with E-state index >= 15 is 0 Å². The molecule has 0 bridgehead atoms. The summed E-state index contributed by atoms with van der Waals surface area (Å²) in [6.07, 6.45) is -1.16. The molecule has 0 saturated heterocycles. The number of aromatic hydroxyl groups is 1. The second kappa shape index (κ2) is 5.45. The molecule has 0 saturated carbocycles. The third-order valence-corrected chi connectivity index (χ3v) is 2.77. The Balaban J connectivity index is 3.00. The van der Waals surface area contributed by atoms with E-state index in [1.165, 1.54) is 25.3 Å². The molecule has 18 heavy (non-hydrogen) atoms. The average molecular weight is 276 g/mol. The van der Waals surface area contributed by atoms with Gasteiger partial charge < -0.3 is 14.6 Å². The van der Waals surface area contributed by atoms with Gasteiger partial charge in [0.05, 0.1) is 14.2 Å². The van der Waals surface area contributed by atoms with Gasteiger partial charge in [0.1, 0.15) is 17.2 Å². The summed E-state index contributed by atoms with van der Waals surface area (Å²) in [6.45, 7) is 0. The smallest absolute Gasteiger partial charge is 0.422 e. The van der Waals surface area contributed by atoms with Gasteiger partial charge in [-0.25, -0.2) is 9.52 Å². The minimum Gasteiger partial charge on any atom is -0.506 e. The Bertz CT molecular complexity index is 542. The van der Waals surface area contributed by atoms with Gasteiger partial charge in [-0.1, -0.05) is 6.07 Å². The van der Waals surface area contributed by atoms with Crippen molar-refractivity contribution < 1.29 is 27.8 Å². The van der Waals surface area contributed by atoms with Gasteiger partial charge in [0.2, 0.25) is 0 Å². The van der Waals surface area contributed by atoms with Crippen molar-refractivity contribution in [2.75, 3.05) is 18.9 Å². The molecule has 8 nitrogen and oxygen atoms in total. The predicted octanol–water partition coefficient (Wildman–Crippen LogP) is 0.413. The first kappa shape index (κ1) is 13.9. The van der Waals surface area contributed by atoms with Crippen LogP contribution in [0.1, 0.15) is 0 Å². The summed E-state index contributed by atoms with van der Waals surface area (Å²) in [5.41, 5.74) is -0.184. The number of carbonyl (C=O) groups is 1. The molecule has 0 aromatic heterocycles. The number of amides is 1. The first-order valence-electron chi connectivity index (χ1n) is 4.64. The van der Waals surface area contributed by atoms with Crippen LogP contribution in [0.2, 0.25) is 0 Å². The van der Waals surface area contributed by atoms with Crippen LogP contribution in [0.25, 0.3) is 0 Å². The molecule has 1 amide bonds. The van der Waals surface area contributed by atoms with Gasteiger partial charge in [0.15, 0.2) is 0 Å². The number of para-hydroxylation sites is 1. The quantitative estimate of drug-likeness (QED) is 0.686. The lowest BCUT2D eigenvalue weighted by Crippen LogP contribution is -2.35. The number of phenols is 1. The van der Waals surface area contributed by atoms with Crippen LogP contribution in [0, 0.1) is 0 Å². The van der Waals surface area contributed by atoms with Gasteiger partial charge in [-0.2, -0.15) is 8.42 Å². The minimum absolute atomic E-state index is 0.102. The Morgan fingerprint density at radius 1 is 1.33 bits per heavy atom. The SMILES string of the molecule is COC(=O)NS(=O)(=O)Nc1c(O)cccc1OC. The van der Waals surface area contributed by atoms with Crippen LogP contribution in [0.4, 0.5) is 10.5 Å². The molecule has 0 aliphatic carbocycles. The van der Waals surface area contributed by atoms with Crippen molar-refractivity contribution in [3.8, 4) is 11.5 Å². The van der Waals surface area contributed by atoms with Crippen LogP contribution in [-0.2, 0) is 14.9 Å². The summed E-state index contributed by atoms with van der Waals surface area (Å²) < 4.78 is 35.5. The third-order valence-electron chi connectivity index (χ3n) is 1.86. The number of ether oxygens (including phenoxy) is 2. The number of methoxy groups -OCH3 is 2. The summed E-state index contributed by atoms with van der Waals surface area (Å²) in [4.78, 5) is 10.8. The maximum atomic E-state index is 11.5. The molecule has 0 aliphatic rings. The Morgan fingerprint density at radius 3 is 2.56 bits per heavy atom. The Labute approximate surface area is 104 Å². The molecule has 1 rings (SSSR count). The largest absolute Gasteiger partial charge is 0.506 e. The monoisotopic (exact) mass is 276 g/mol. The molecular weight excluding hydrogens is 264 g/mol. The molecule has 0 atom stereocenters. The maximum absolute atomic E-state index is 11.5. The van der Waals surface area contributed by atoms with Gasteiger partial charge in [0, 0.05) is 0 Å². The Morgan fingerprint density at radius 2 is 2.00 bits per heavy atom. The summed E-state index contributed by atoms with van der Waals surface area (Å²) >= 11 is 0. The molecule has 100 valence electrons. The second-order valence-electron chi connectivity index (χ2n) is 3.05. The standard InChI is InChI=1S/C9H12N2O6S/c1-16-7-5-3-4-6(12)8(7)10-18(14,15)11-9(13)17-2/h3-5,10,12H,1-2H3,(H,11,13). The van der Waals surface area contributed by atoms with Crippen LogP contribution >= 0.6 is 0 Å². The highest BCUT2D eigenvalue weighted by atomic mass is 32.2. The molecule has 0 unspecified atom stereocenters. The van der Waals surface area contributed by atoms with Crippen molar-refractivity contribution in [3.05, 3.63) is 18.2 Å². The van der Waals surface area contributed by atoms with Crippen LogP contribution in [0.3, 0.4) is 0 Å². The third kappa shape index (κ3) is 3.42. The predicted molar refractivity (Wildman–Crippen MR) is 62.7 cm³/mol. The number of carbonyl (C=O) groups excluding carboxylic acids is 1. The highest BCUT2D eigenvalue weighted by molar-refractivity contribution is 7.91. The first-order chi connectivity index (χ1) is 8.39. The van der Waals surface area contributed by atoms with Gasteiger partial charge >= 0.3 is 16.3 Å². The van der Waals surface area contributed by atoms with Crippen molar-refractivity contribution in [1.29, 1.82) is 0 Å². The molecule has 9 heteroatoms. The lowest BCUT2D eigenvalue weighted by atomic mass is 10.3.